The van der Waals surface area contributed by atoms with Crippen LogP contribution in [0.5, 0.6) is 0 Å². The van der Waals surface area contributed by atoms with Gasteiger partial charge in [0.15, 0.2) is 0 Å². The molecule has 17 heavy (non-hydrogen) atoms. The van der Waals surface area contributed by atoms with Crippen molar-refractivity contribution in [3.05, 3.63) is 29.6 Å². The van der Waals surface area contributed by atoms with Gasteiger partial charge in [-0.2, -0.15) is 0 Å². The topological polar surface area (TPSA) is 54.0 Å². The predicted octanol–water partition coefficient (Wildman–Crippen LogP) is 1.01. The minimum Gasteiger partial charge on any atom is -0.350 e. The number of pyridine rings is 1. The zero-order chi connectivity index (χ0) is 12.1. The van der Waals surface area contributed by atoms with E-state index in [2.05, 4.69) is 15.6 Å². The first-order chi connectivity index (χ1) is 8.25. The number of carbonyl (C=O) groups is 1. The summed E-state index contributed by atoms with van der Waals surface area (Å²) in [6, 6.07) is 5.86. The van der Waals surface area contributed by atoms with E-state index in [1.165, 1.54) is 0 Å². The Labute approximate surface area is 102 Å². The number of aromatic nitrogens is 1. The molecule has 0 bridgehead atoms. The molecule has 4 nitrogen and oxygen atoms in total. The number of hydrogen-bond donors (Lipinski definition) is 2. The summed E-state index contributed by atoms with van der Waals surface area (Å²) in [6.45, 7) is 4.38. The first-order valence-corrected chi connectivity index (χ1v) is 6.16. The molecular weight excluding hydrogens is 214 g/mol. The van der Waals surface area contributed by atoms with Gasteiger partial charge in [0.2, 0.25) is 5.91 Å². The summed E-state index contributed by atoms with van der Waals surface area (Å²) in [5.74, 6) is 0.330. The van der Waals surface area contributed by atoms with E-state index in [4.69, 9.17) is 0 Å². The van der Waals surface area contributed by atoms with Crippen LogP contribution in [0.25, 0.3) is 0 Å². The summed E-state index contributed by atoms with van der Waals surface area (Å²) >= 11 is 0. The lowest BCUT2D eigenvalue weighted by Crippen LogP contribution is -2.38. The lowest BCUT2D eigenvalue weighted by atomic mass is 9.97. The zero-order valence-corrected chi connectivity index (χ0v) is 10.2. The number of nitrogens with zero attached hydrogens (tertiary/aromatic N) is 1. The van der Waals surface area contributed by atoms with Gasteiger partial charge in [0.25, 0.3) is 0 Å². The van der Waals surface area contributed by atoms with Gasteiger partial charge >= 0.3 is 0 Å². The van der Waals surface area contributed by atoms with Crippen LogP contribution in [-0.2, 0) is 11.3 Å². The molecule has 4 heteroatoms. The SMILES string of the molecule is Cc1cccc(CNC(=O)C2CCNCC2)n1. The third-order valence-electron chi connectivity index (χ3n) is 3.10. The van der Waals surface area contributed by atoms with E-state index in [1.54, 1.807) is 0 Å². The van der Waals surface area contributed by atoms with E-state index in [-0.39, 0.29) is 11.8 Å². The van der Waals surface area contributed by atoms with Crippen molar-refractivity contribution in [2.45, 2.75) is 26.3 Å². The third-order valence-corrected chi connectivity index (χ3v) is 3.10. The second-order valence-electron chi connectivity index (χ2n) is 4.51. The fourth-order valence-corrected chi connectivity index (χ4v) is 2.10. The van der Waals surface area contributed by atoms with E-state index in [0.717, 1.165) is 37.3 Å². The Morgan fingerprint density at radius 3 is 2.94 bits per heavy atom. The maximum atomic E-state index is 11.9. The molecule has 0 aliphatic carbocycles. The minimum atomic E-state index is 0.162. The van der Waals surface area contributed by atoms with E-state index >= 15 is 0 Å². The van der Waals surface area contributed by atoms with Gasteiger partial charge in [-0.05, 0) is 45.0 Å². The smallest absolute Gasteiger partial charge is 0.223 e. The summed E-state index contributed by atoms with van der Waals surface area (Å²) in [5, 5.41) is 6.23. The molecule has 0 atom stereocenters. The molecule has 1 aliphatic rings. The molecular formula is C13H19N3O. The number of carbonyl (C=O) groups excluding carboxylic acids is 1. The van der Waals surface area contributed by atoms with E-state index in [0.29, 0.717) is 6.54 Å². The average Bonchev–Trinajstić information content (AvgIpc) is 2.37. The van der Waals surface area contributed by atoms with Gasteiger partial charge in [-0.3, -0.25) is 9.78 Å². The fraction of sp³-hybridized carbons (Fsp3) is 0.538. The molecule has 2 heterocycles. The number of piperidine rings is 1. The van der Waals surface area contributed by atoms with E-state index < -0.39 is 0 Å². The predicted molar refractivity (Wildman–Crippen MR) is 66.4 cm³/mol. The van der Waals surface area contributed by atoms with Crippen molar-refractivity contribution < 1.29 is 4.79 Å². The van der Waals surface area contributed by atoms with Crippen molar-refractivity contribution in [1.82, 2.24) is 15.6 Å². The van der Waals surface area contributed by atoms with Crippen LogP contribution in [0.2, 0.25) is 0 Å². The Morgan fingerprint density at radius 1 is 1.47 bits per heavy atom. The Bertz CT molecular complexity index is 386. The lowest BCUT2D eigenvalue weighted by Gasteiger charge is -2.21. The molecule has 1 amide bonds. The molecule has 1 aromatic heterocycles. The Balaban J connectivity index is 1.83. The maximum absolute atomic E-state index is 11.9. The highest BCUT2D eigenvalue weighted by Crippen LogP contribution is 2.11. The van der Waals surface area contributed by atoms with Crippen LogP contribution in [0.4, 0.5) is 0 Å². The highest BCUT2D eigenvalue weighted by Gasteiger charge is 2.20. The van der Waals surface area contributed by atoms with Crippen LogP contribution < -0.4 is 10.6 Å². The molecule has 1 fully saturated rings. The molecule has 0 unspecified atom stereocenters. The number of hydrogen-bond acceptors (Lipinski definition) is 3. The van der Waals surface area contributed by atoms with Crippen molar-refractivity contribution in [3.63, 3.8) is 0 Å². The molecule has 1 aromatic rings. The number of nitrogens with one attached hydrogen (secondary N) is 2. The fourth-order valence-electron chi connectivity index (χ4n) is 2.10. The van der Waals surface area contributed by atoms with Crippen LogP contribution in [0, 0.1) is 12.8 Å². The van der Waals surface area contributed by atoms with Crippen LogP contribution >= 0.6 is 0 Å². The molecule has 0 saturated carbocycles. The summed E-state index contributed by atoms with van der Waals surface area (Å²) in [6.07, 6.45) is 1.88. The van der Waals surface area contributed by atoms with Gasteiger partial charge < -0.3 is 10.6 Å². The number of rotatable bonds is 3. The zero-order valence-electron chi connectivity index (χ0n) is 10.2. The molecule has 92 valence electrons. The van der Waals surface area contributed by atoms with Crippen molar-refractivity contribution in [2.75, 3.05) is 13.1 Å². The molecule has 2 rings (SSSR count). The first kappa shape index (κ1) is 12.0. The average molecular weight is 233 g/mol. The van der Waals surface area contributed by atoms with Gasteiger partial charge in [0.1, 0.15) is 0 Å². The normalized spacial score (nSPS) is 16.8. The van der Waals surface area contributed by atoms with Gasteiger partial charge in [-0.25, -0.2) is 0 Å². The largest absolute Gasteiger partial charge is 0.350 e. The van der Waals surface area contributed by atoms with Crippen LogP contribution in [0.3, 0.4) is 0 Å². The summed E-state index contributed by atoms with van der Waals surface area (Å²) < 4.78 is 0. The lowest BCUT2D eigenvalue weighted by molar-refractivity contribution is -0.125. The first-order valence-electron chi connectivity index (χ1n) is 6.16. The monoisotopic (exact) mass is 233 g/mol. The Kier molecular flexibility index (Phi) is 4.09. The standard InChI is InChI=1S/C13H19N3O/c1-10-3-2-4-12(16-10)9-15-13(17)11-5-7-14-8-6-11/h2-4,11,14H,5-9H2,1H3,(H,15,17). The second kappa shape index (κ2) is 5.77. The van der Waals surface area contributed by atoms with E-state index in [1.807, 2.05) is 25.1 Å². The van der Waals surface area contributed by atoms with Crippen LogP contribution in [0.1, 0.15) is 24.2 Å². The molecule has 0 aromatic carbocycles. The molecule has 0 spiro atoms. The molecule has 0 radical (unpaired) electrons. The Hall–Kier alpha value is -1.42. The third kappa shape index (κ3) is 3.53. The summed E-state index contributed by atoms with van der Waals surface area (Å²) in [5.41, 5.74) is 1.91. The van der Waals surface area contributed by atoms with Crippen molar-refractivity contribution in [2.24, 2.45) is 5.92 Å². The van der Waals surface area contributed by atoms with Crippen molar-refractivity contribution in [1.29, 1.82) is 0 Å². The van der Waals surface area contributed by atoms with Gasteiger partial charge in [0, 0.05) is 11.6 Å². The maximum Gasteiger partial charge on any atom is 0.223 e. The van der Waals surface area contributed by atoms with Crippen LogP contribution in [0.15, 0.2) is 18.2 Å². The van der Waals surface area contributed by atoms with Gasteiger partial charge in [0.05, 0.1) is 12.2 Å². The summed E-state index contributed by atoms with van der Waals surface area (Å²) in [7, 11) is 0. The Morgan fingerprint density at radius 2 is 2.24 bits per heavy atom. The van der Waals surface area contributed by atoms with Crippen LogP contribution in [-0.4, -0.2) is 24.0 Å². The number of amides is 1. The van der Waals surface area contributed by atoms with E-state index in [9.17, 15) is 4.79 Å². The molecule has 1 saturated heterocycles. The highest BCUT2D eigenvalue weighted by molar-refractivity contribution is 5.78. The highest BCUT2D eigenvalue weighted by atomic mass is 16.1. The summed E-state index contributed by atoms with van der Waals surface area (Å²) in [4.78, 5) is 16.3. The minimum absolute atomic E-state index is 0.162. The van der Waals surface area contributed by atoms with Gasteiger partial charge in [-0.1, -0.05) is 6.07 Å². The number of aryl methyl sites for hydroxylation is 1. The molecule has 2 N–H and O–H groups in total. The van der Waals surface area contributed by atoms with Gasteiger partial charge in [-0.15, -0.1) is 0 Å². The molecule has 1 aliphatic heterocycles. The van der Waals surface area contributed by atoms with Crippen molar-refractivity contribution >= 4 is 5.91 Å². The quantitative estimate of drug-likeness (QED) is 0.819. The van der Waals surface area contributed by atoms with Crippen molar-refractivity contribution in [3.8, 4) is 0 Å². The second-order valence-corrected chi connectivity index (χ2v) is 4.51.